The zero-order valence-corrected chi connectivity index (χ0v) is 14.6. The molecular weight excluding hydrogens is 340 g/mol. The standard InChI is InChI=1S/C22H18N2O3/c25-16-8-4-14(5-9-16)22(15-6-10-17(26)11-7-15)20-19(24-21(22)27)18-3-1-2-13(18)12-23-20/h4-12,25-26H,1-3H2,(H,24,27). The Morgan fingerprint density at radius 3 is 2.07 bits per heavy atom. The summed E-state index contributed by atoms with van der Waals surface area (Å²) in [6.45, 7) is 0. The highest BCUT2D eigenvalue weighted by atomic mass is 16.3. The van der Waals surface area contributed by atoms with Gasteiger partial charge in [-0.05, 0) is 65.8 Å². The van der Waals surface area contributed by atoms with Gasteiger partial charge in [0.1, 0.15) is 16.9 Å². The number of nitrogens with one attached hydrogen (secondary N) is 1. The first-order valence-electron chi connectivity index (χ1n) is 9.02. The van der Waals surface area contributed by atoms with Crippen molar-refractivity contribution < 1.29 is 15.0 Å². The third kappa shape index (κ3) is 2.11. The molecule has 27 heavy (non-hydrogen) atoms. The second kappa shape index (κ2) is 5.58. The van der Waals surface area contributed by atoms with Gasteiger partial charge in [0.05, 0.1) is 11.4 Å². The molecule has 0 saturated heterocycles. The third-order valence-corrected chi connectivity index (χ3v) is 5.68. The van der Waals surface area contributed by atoms with E-state index in [4.69, 9.17) is 4.98 Å². The van der Waals surface area contributed by atoms with Gasteiger partial charge in [0.25, 0.3) is 0 Å². The van der Waals surface area contributed by atoms with Gasteiger partial charge in [-0.15, -0.1) is 0 Å². The average Bonchev–Trinajstić information content (AvgIpc) is 3.25. The van der Waals surface area contributed by atoms with Crippen LogP contribution in [-0.2, 0) is 23.1 Å². The molecule has 1 amide bonds. The van der Waals surface area contributed by atoms with Crippen molar-refractivity contribution in [2.24, 2.45) is 0 Å². The molecule has 0 saturated carbocycles. The highest BCUT2D eigenvalue weighted by Gasteiger charge is 2.52. The van der Waals surface area contributed by atoms with Crippen LogP contribution < -0.4 is 5.32 Å². The summed E-state index contributed by atoms with van der Waals surface area (Å²) in [7, 11) is 0. The molecule has 1 aliphatic heterocycles. The van der Waals surface area contributed by atoms with Crippen LogP contribution in [0.4, 0.5) is 5.69 Å². The van der Waals surface area contributed by atoms with E-state index >= 15 is 0 Å². The molecule has 5 heteroatoms. The van der Waals surface area contributed by atoms with Gasteiger partial charge in [-0.1, -0.05) is 24.3 Å². The van der Waals surface area contributed by atoms with E-state index in [1.807, 2.05) is 6.20 Å². The van der Waals surface area contributed by atoms with E-state index in [2.05, 4.69) is 5.32 Å². The molecule has 0 atom stereocenters. The Bertz CT molecular complexity index is 1010. The number of amides is 1. The number of aromatic hydroxyl groups is 2. The zero-order valence-electron chi connectivity index (χ0n) is 14.6. The van der Waals surface area contributed by atoms with Crippen molar-refractivity contribution in [2.75, 3.05) is 5.32 Å². The van der Waals surface area contributed by atoms with Crippen molar-refractivity contribution in [2.45, 2.75) is 24.7 Å². The van der Waals surface area contributed by atoms with Crippen molar-refractivity contribution >= 4 is 11.6 Å². The summed E-state index contributed by atoms with van der Waals surface area (Å²) in [5.41, 5.74) is 4.21. The summed E-state index contributed by atoms with van der Waals surface area (Å²) in [6.07, 6.45) is 4.87. The van der Waals surface area contributed by atoms with Gasteiger partial charge >= 0.3 is 0 Å². The average molecular weight is 358 g/mol. The normalized spacial score (nSPS) is 16.7. The summed E-state index contributed by atoms with van der Waals surface area (Å²) >= 11 is 0. The number of carbonyl (C=O) groups excluding carboxylic acids is 1. The largest absolute Gasteiger partial charge is 0.508 e. The Kier molecular flexibility index (Phi) is 3.28. The molecule has 0 spiro atoms. The number of hydrogen-bond acceptors (Lipinski definition) is 4. The maximum Gasteiger partial charge on any atom is 0.245 e. The number of fused-ring (bicyclic) bond motifs is 3. The number of phenols is 2. The molecule has 1 aliphatic carbocycles. The number of rotatable bonds is 2. The highest BCUT2D eigenvalue weighted by molar-refractivity contribution is 6.11. The molecule has 5 nitrogen and oxygen atoms in total. The molecule has 0 radical (unpaired) electrons. The lowest BCUT2D eigenvalue weighted by atomic mass is 9.72. The number of benzene rings is 2. The lowest BCUT2D eigenvalue weighted by molar-refractivity contribution is -0.118. The number of nitrogens with zero attached hydrogens (tertiary/aromatic N) is 1. The summed E-state index contributed by atoms with van der Waals surface area (Å²) in [4.78, 5) is 18.2. The Hall–Kier alpha value is -3.34. The number of carbonyl (C=O) groups is 1. The number of pyridine rings is 1. The van der Waals surface area contributed by atoms with E-state index in [-0.39, 0.29) is 17.4 Å². The summed E-state index contributed by atoms with van der Waals surface area (Å²) in [5, 5.41) is 22.5. The molecule has 2 aromatic carbocycles. The molecule has 0 bridgehead atoms. The lowest BCUT2D eigenvalue weighted by Gasteiger charge is -2.28. The SMILES string of the molecule is O=C1Nc2c(ncc3c2CCC3)C1(c1ccc(O)cc1)c1ccc(O)cc1. The Morgan fingerprint density at radius 2 is 1.48 bits per heavy atom. The predicted molar refractivity (Wildman–Crippen MR) is 101 cm³/mol. The van der Waals surface area contributed by atoms with Crippen molar-refractivity contribution in [1.29, 1.82) is 0 Å². The van der Waals surface area contributed by atoms with Crippen molar-refractivity contribution in [3.8, 4) is 11.5 Å². The molecule has 1 aromatic heterocycles. The van der Waals surface area contributed by atoms with Gasteiger partial charge in [-0.3, -0.25) is 9.78 Å². The molecule has 3 N–H and O–H groups in total. The minimum absolute atomic E-state index is 0.139. The second-order valence-corrected chi connectivity index (χ2v) is 7.14. The molecule has 134 valence electrons. The first kappa shape index (κ1) is 15.9. The van der Waals surface area contributed by atoms with Crippen molar-refractivity contribution in [3.05, 3.63) is 82.7 Å². The van der Waals surface area contributed by atoms with Crippen LogP contribution in [-0.4, -0.2) is 21.1 Å². The summed E-state index contributed by atoms with van der Waals surface area (Å²) in [6, 6.07) is 13.3. The Labute approximate surface area is 156 Å². The maximum absolute atomic E-state index is 13.4. The van der Waals surface area contributed by atoms with Crippen LogP contribution in [0, 0.1) is 0 Å². The molecule has 0 unspecified atom stereocenters. The monoisotopic (exact) mass is 358 g/mol. The number of hydrogen-bond donors (Lipinski definition) is 3. The molecular formula is C22H18N2O3. The molecule has 5 rings (SSSR count). The van der Waals surface area contributed by atoms with Crippen LogP contribution in [0.2, 0.25) is 0 Å². The van der Waals surface area contributed by atoms with Gasteiger partial charge < -0.3 is 15.5 Å². The predicted octanol–water partition coefficient (Wildman–Crippen LogP) is 3.27. The van der Waals surface area contributed by atoms with Crippen LogP contribution in [0.15, 0.2) is 54.7 Å². The number of anilines is 1. The van der Waals surface area contributed by atoms with Gasteiger partial charge in [0.2, 0.25) is 5.91 Å². The Morgan fingerprint density at radius 1 is 0.889 bits per heavy atom. The fourth-order valence-electron chi connectivity index (χ4n) is 4.40. The summed E-state index contributed by atoms with van der Waals surface area (Å²) < 4.78 is 0. The first-order valence-corrected chi connectivity index (χ1v) is 9.02. The zero-order chi connectivity index (χ0) is 18.6. The molecule has 3 aromatic rings. The Balaban J connectivity index is 1.84. The fraction of sp³-hybridized carbons (Fsp3) is 0.182. The second-order valence-electron chi connectivity index (χ2n) is 7.14. The number of aryl methyl sites for hydroxylation is 1. The minimum atomic E-state index is -1.12. The topological polar surface area (TPSA) is 82.5 Å². The van der Waals surface area contributed by atoms with Crippen LogP contribution in [0.5, 0.6) is 11.5 Å². The van der Waals surface area contributed by atoms with Crippen LogP contribution >= 0.6 is 0 Å². The van der Waals surface area contributed by atoms with Crippen LogP contribution in [0.1, 0.15) is 34.4 Å². The number of phenolic OH excluding ortho intramolecular Hbond substituents is 2. The fourth-order valence-corrected chi connectivity index (χ4v) is 4.40. The first-order chi connectivity index (χ1) is 13.1. The van der Waals surface area contributed by atoms with Crippen molar-refractivity contribution in [3.63, 3.8) is 0 Å². The minimum Gasteiger partial charge on any atom is -0.508 e. The van der Waals surface area contributed by atoms with Gasteiger partial charge in [0, 0.05) is 6.20 Å². The van der Waals surface area contributed by atoms with Gasteiger partial charge in [-0.25, -0.2) is 0 Å². The van der Waals surface area contributed by atoms with E-state index in [0.29, 0.717) is 5.69 Å². The lowest BCUT2D eigenvalue weighted by Crippen LogP contribution is -2.37. The maximum atomic E-state index is 13.4. The van der Waals surface area contributed by atoms with E-state index in [0.717, 1.165) is 36.1 Å². The quantitative estimate of drug-likeness (QED) is 0.657. The highest BCUT2D eigenvalue weighted by Crippen LogP contribution is 2.49. The molecule has 0 fully saturated rings. The third-order valence-electron chi connectivity index (χ3n) is 5.68. The van der Waals surface area contributed by atoms with Gasteiger partial charge in [-0.2, -0.15) is 0 Å². The van der Waals surface area contributed by atoms with E-state index in [1.54, 1.807) is 48.5 Å². The van der Waals surface area contributed by atoms with E-state index in [1.165, 1.54) is 11.1 Å². The van der Waals surface area contributed by atoms with Crippen molar-refractivity contribution in [1.82, 2.24) is 4.98 Å². The van der Waals surface area contributed by atoms with Crippen LogP contribution in [0.25, 0.3) is 0 Å². The van der Waals surface area contributed by atoms with E-state index in [9.17, 15) is 15.0 Å². The van der Waals surface area contributed by atoms with E-state index < -0.39 is 5.41 Å². The van der Waals surface area contributed by atoms with Gasteiger partial charge in [0.15, 0.2) is 0 Å². The molecule has 2 heterocycles. The molecule has 2 aliphatic rings. The number of aromatic nitrogens is 1. The van der Waals surface area contributed by atoms with Crippen LogP contribution in [0.3, 0.4) is 0 Å². The summed E-state index contributed by atoms with van der Waals surface area (Å²) in [5.74, 6) is 0.113. The smallest absolute Gasteiger partial charge is 0.245 e.